The van der Waals surface area contributed by atoms with Crippen LogP contribution in [0.4, 0.5) is 0 Å². The zero-order valence-corrected chi connectivity index (χ0v) is 19.7. The number of nitrogens with zero attached hydrogens (tertiary/aromatic N) is 2. The van der Waals surface area contributed by atoms with Crippen LogP contribution in [0.1, 0.15) is 37.3 Å². The highest BCUT2D eigenvalue weighted by Gasteiger charge is 2.27. The first-order valence-corrected chi connectivity index (χ1v) is 11.1. The summed E-state index contributed by atoms with van der Waals surface area (Å²) in [6.45, 7) is 5.97. The minimum absolute atomic E-state index is 0. The number of guanidine groups is 1. The number of halogens is 1. The molecule has 27 heavy (non-hydrogen) atoms. The number of benzene rings is 1. The standard InChI is InChI=1S/C19H32N4O2S.HI/c1-4-15-26(24,25)23-13-10-18(11-14-23)22-19(20-3)21-12-9-17-7-5-16(2)6-8-17;/h5-8,18H,4,9-15H2,1-3H3,(H2,20,21,22);1H. The zero-order valence-electron chi connectivity index (χ0n) is 16.6. The summed E-state index contributed by atoms with van der Waals surface area (Å²) < 4.78 is 25.9. The van der Waals surface area contributed by atoms with Gasteiger partial charge in [-0.05, 0) is 38.2 Å². The Kier molecular flexibility index (Phi) is 10.6. The molecule has 0 spiro atoms. The molecule has 0 bridgehead atoms. The second kappa shape index (κ2) is 11.9. The van der Waals surface area contributed by atoms with Crippen molar-refractivity contribution in [2.75, 3.05) is 32.4 Å². The molecule has 0 aromatic heterocycles. The van der Waals surface area contributed by atoms with E-state index in [9.17, 15) is 8.42 Å². The van der Waals surface area contributed by atoms with Gasteiger partial charge in [-0.2, -0.15) is 0 Å². The maximum atomic E-state index is 12.1. The summed E-state index contributed by atoms with van der Waals surface area (Å²) in [5.74, 6) is 1.03. The molecule has 8 heteroatoms. The van der Waals surface area contributed by atoms with Crippen molar-refractivity contribution in [3.8, 4) is 0 Å². The molecule has 6 nitrogen and oxygen atoms in total. The fraction of sp³-hybridized carbons (Fsp3) is 0.632. The molecule has 0 saturated carbocycles. The van der Waals surface area contributed by atoms with Crippen LogP contribution in [-0.4, -0.2) is 57.2 Å². The monoisotopic (exact) mass is 508 g/mol. The summed E-state index contributed by atoms with van der Waals surface area (Å²) in [5.41, 5.74) is 2.57. The molecule has 1 saturated heterocycles. The number of hydrogen-bond acceptors (Lipinski definition) is 3. The van der Waals surface area contributed by atoms with Gasteiger partial charge in [0.15, 0.2) is 5.96 Å². The highest BCUT2D eigenvalue weighted by molar-refractivity contribution is 14.0. The van der Waals surface area contributed by atoms with Gasteiger partial charge in [-0.3, -0.25) is 4.99 Å². The van der Waals surface area contributed by atoms with E-state index in [1.807, 2.05) is 6.92 Å². The van der Waals surface area contributed by atoms with Crippen molar-refractivity contribution < 1.29 is 8.42 Å². The average Bonchev–Trinajstić information content (AvgIpc) is 2.63. The molecule has 1 heterocycles. The van der Waals surface area contributed by atoms with E-state index in [2.05, 4.69) is 46.8 Å². The Balaban J connectivity index is 0.00000364. The fourth-order valence-corrected chi connectivity index (χ4v) is 4.67. The molecule has 2 N–H and O–H groups in total. The fourth-order valence-electron chi connectivity index (χ4n) is 3.13. The molecule has 0 unspecified atom stereocenters. The van der Waals surface area contributed by atoms with E-state index in [1.54, 1.807) is 11.4 Å². The first-order chi connectivity index (χ1) is 12.4. The summed E-state index contributed by atoms with van der Waals surface area (Å²) in [7, 11) is -1.31. The van der Waals surface area contributed by atoms with Gasteiger partial charge >= 0.3 is 0 Å². The SMILES string of the molecule is CCCS(=O)(=O)N1CCC(NC(=NC)NCCc2ccc(C)cc2)CC1.I. The normalized spacial score (nSPS) is 16.6. The quantitative estimate of drug-likeness (QED) is 0.337. The molecule has 0 amide bonds. The first-order valence-electron chi connectivity index (χ1n) is 9.45. The highest BCUT2D eigenvalue weighted by atomic mass is 127. The van der Waals surface area contributed by atoms with E-state index in [-0.39, 0.29) is 35.8 Å². The predicted molar refractivity (Wildman–Crippen MR) is 123 cm³/mol. The maximum absolute atomic E-state index is 12.1. The molecule has 154 valence electrons. The summed E-state index contributed by atoms with van der Waals surface area (Å²) in [6, 6.07) is 8.82. The number of piperidine rings is 1. The van der Waals surface area contributed by atoms with Crippen LogP contribution in [0.25, 0.3) is 0 Å². The Hall–Kier alpha value is -0.870. The molecule has 1 aliphatic rings. The Bertz CT molecular complexity index is 684. The molecule has 0 aliphatic carbocycles. The molecule has 1 aromatic rings. The van der Waals surface area contributed by atoms with E-state index in [0.29, 0.717) is 19.5 Å². The lowest BCUT2D eigenvalue weighted by atomic mass is 10.1. The van der Waals surface area contributed by atoms with Gasteiger partial charge in [0.05, 0.1) is 5.75 Å². The van der Waals surface area contributed by atoms with Gasteiger partial charge in [0.1, 0.15) is 0 Å². The van der Waals surface area contributed by atoms with Gasteiger partial charge in [-0.15, -0.1) is 24.0 Å². The third-order valence-corrected chi connectivity index (χ3v) is 6.78. The Morgan fingerprint density at radius 3 is 2.41 bits per heavy atom. The van der Waals surface area contributed by atoms with E-state index in [4.69, 9.17) is 0 Å². The van der Waals surface area contributed by atoms with Gasteiger partial charge in [-0.1, -0.05) is 36.8 Å². The smallest absolute Gasteiger partial charge is 0.214 e. The minimum Gasteiger partial charge on any atom is -0.356 e. The lowest BCUT2D eigenvalue weighted by Crippen LogP contribution is -2.50. The van der Waals surface area contributed by atoms with Crippen molar-refractivity contribution in [1.29, 1.82) is 0 Å². The second-order valence-corrected chi connectivity index (χ2v) is 8.96. The van der Waals surface area contributed by atoms with Crippen LogP contribution in [0.3, 0.4) is 0 Å². The van der Waals surface area contributed by atoms with Crippen LogP contribution in [0, 0.1) is 6.92 Å². The highest BCUT2D eigenvalue weighted by Crippen LogP contribution is 2.15. The number of aryl methyl sites for hydroxylation is 1. The van der Waals surface area contributed by atoms with Gasteiger partial charge in [0.2, 0.25) is 10.0 Å². The van der Waals surface area contributed by atoms with E-state index >= 15 is 0 Å². The molecular weight excluding hydrogens is 475 g/mol. The van der Waals surface area contributed by atoms with Crippen molar-refractivity contribution >= 4 is 40.0 Å². The summed E-state index contributed by atoms with van der Waals surface area (Å²) in [6.07, 6.45) is 3.22. The van der Waals surface area contributed by atoms with Crippen LogP contribution in [0.15, 0.2) is 29.3 Å². The Morgan fingerprint density at radius 1 is 1.22 bits per heavy atom. The van der Waals surface area contributed by atoms with E-state index in [1.165, 1.54) is 11.1 Å². The van der Waals surface area contributed by atoms with E-state index in [0.717, 1.165) is 31.8 Å². The van der Waals surface area contributed by atoms with Crippen LogP contribution >= 0.6 is 24.0 Å². The van der Waals surface area contributed by atoms with Crippen molar-refractivity contribution in [2.24, 2.45) is 4.99 Å². The van der Waals surface area contributed by atoms with Crippen molar-refractivity contribution in [2.45, 2.75) is 45.6 Å². The lowest BCUT2D eigenvalue weighted by Gasteiger charge is -2.32. The number of hydrogen-bond donors (Lipinski definition) is 2. The van der Waals surface area contributed by atoms with Gasteiger partial charge in [0, 0.05) is 32.7 Å². The molecule has 1 aliphatic heterocycles. The van der Waals surface area contributed by atoms with Crippen LogP contribution < -0.4 is 10.6 Å². The molecule has 0 atom stereocenters. The predicted octanol–water partition coefficient (Wildman–Crippen LogP) is 2.52. The third-order valence-electron chi connectivity index (χ3n) is 4.70. The second-order valence-electron chi connectivity index (χ2n) is 6.87. The largest absolute Gasteiger partial charge is 0.356 e. The molecule has 1 fully saturated rings. The van der Waals surface area contributed by atoms with Crippen LogP contribution in [0.5, 0.6) is 0 Å². The summed E-state index contributed by atoms with van der Waals surface area (Å²) in [4.78, 5) is 4.29. The van der Waals surface area contributed by atoms with E-state index < -0.39 is 10.0 Å². The number of sulfonamides is 1. The number of rotatable bonds is 7. The average molecular weight is 508 g/mol. The van der Waals surface area contributed by atoms with Gasteiger partial charge in [-0.25, -0.2) is 12.7 Å². The Labute approximate surface area is 181 Å². The number of nitrogens with one attached hydrogen (secondary N) is 2. The number of aliphatic imine (C=N–C) groups is 1. The molecular formula is C19H33IN4O2S. The zero-order chi connectivity index (χ0) is 19.0. The van der Waals surface area contributed by atoms with Crippen molar-refractivity contribution in [3.63, 3.8) is 0 Å². The van der Waals surface area contributed by atoms with Crippen LogP contribution in [0.2, 0.25) is 0 Å². The van der Waals surface area contributed by atoms with Gasteiger partial charge < -0.3 is 10.6 Å². The molecule has 1 aromatic carbocycles. The topological polar surface area (TPSA) is 73.8 Å². The van der Waals surface area contributed by atoms with Crippen LogP contribution in [-0.2, 0) is 16.4 Å². The first kappa shape index (κ1) is 24.2. The maximum Gasteiger partial charge on any atom is 0.214 e. The Morgan fingerprint density at radius 2 is 1.85 bits per heavy atom. The summed E-state index contributed by atoms with van der Waals surface area (Å²) in [5, 5.41) is 6.77. The van der Waals surface area contributed by atoms with Gasteiger partial charge in [0.25, 0.3) is 0 Å². The molecule has 2 rings (SSSR count). The third kappa shape index (κ3) is 7.95. The van der Waals surface area contributed by atoms with Crippen molar-refractivity contribution in [1.82, 2.24) is 14.9 Å². The lowest BCUT2D eigenvalue weighted by molar-refractivity contribution is 0.306. The molecule has 0 radical (unpaired) electrons. The minimum atomic E-state index is -3.08. The summed E-state index contributed by atoms with van der Waals surface area (Å²) >= 11 is 0. The van der Waals surface area contributed by atoms with Crippen molar-refractivity contribution in [3.05, 3.63) is 35.4 Å².